The first-order valence-electron chi connectivity index (χ1n) is 14.6. The van der Waals surface area contributed by atoms with Gasteiger partial charge in [0.2, 0.25) is 0 Å². The molecule has 4 nitrogen and oxygen atoms in total. The molecule has 8 rings (SSSR count). The van der Waals surface area contributed by atoms with E-state index in [1.165, 1.54) is 16.2 Å². The Balaban J connectivity index is 1.30. The van der Waals surface area contributed by atoms with Crippen LogP contribution < -0.4 is 0 Å². The maximum absolute atomic E-state index is 5.19. The third kappa shape index (κ3) is 4.79. The van der Waals surface area contributed by atoms with Gasteiger partial charge in [-0.1, -0.05) is 109 Å². The van der Waals surface area contributed by atoms with E-state index in [9.17, 15) is 0 Å². The zero-order valence-electron chi connectivity index (χ0n) is 23.8. The normalized spacial score (nSPS) is 11.2. The summed E-state index contributed by atoms with van der Waals surface area (Å²) < 4.78 is 0. The van der Waals surface area contributed by atoms with Crippen molar-refractivity contribution in [2.24, 2.45) is 0 Å². The fourth-order valence-corrected chi connectivity index (χ4v) is 5.84. The molecule has 206 valence electrons. The van der Waals surface area contributed by atoms with Crippen LogP contribution in [0.3, 0.4) is 0 Å². The monoisotopic (exact) mass is 562 g/mol. The van der Waals surface area contributed by atoms with Crippen molar-refractivity contribution in [2.75, 3.05) is 0 Å². The first-order valence-corrected chi connectivity index (χ1v) is 14.6. The quantitative estimate of drug-likeness (QED) is 0.196. The number of hydrogen-bond acceptors (Lipinski definition) is 4. The summed E-state index contributed by atoms with van der Waals surface area (Å²) in [7, 11) is 0. The third-order valence-corrected chi connectivity index (χ3v) is 8.09. The molecule has 8 aromatic rings. The highest BCUT2D eigenvalue weighted by molar-refractivity contribution is 6.13. The van der Waals surface area contributed by atoms with Gasteiger partial charge in [0.1, 0.15) is 0 Å². The molecular formula is C40H26N4. The van der Waals surface area contributed by atoms with E-state index in [-0.39, 0.29) is 0 Å². The van der Waals surface area contributed by atoms with Crippen molar-refractivity contribution in [2.45, 2.75) is 0 Å². The number of hydrogen-bond donors (Lipinski definition) is 0. The van der Waals surface area contributed by atoms with E-state index in [4.69, 9.17) is 9.97 Å². The molecule has 0 aliphatic rings. The van der Waals surface area contributed by atoms with Gasteiger partial charge in [-0.25, -0.2) is 9.97 Å². The highest BCUT2D eigenvalue weighted by Gasteiger charge is 2.15. The molecule has 44 heavy (non-hydrogen) atoms. The molecule has 0 N–H and O–H groups in total. The van der Waals surface area contributed by atoms with E-state index in [0.29, 0.717) is 5.82 Å². The second kappa shape index (κ2) is 11.0. The lowest BCUT2D eigenvalue weighted by Crippen LogP contribution is -1.97. The zero-order chi connectivity index (χ0) is 29.3. The largest absolute Gasteiger partial charge is 0.264 e. The van der Waals surface area contributed by atoms with E-state index in [2.05, 4.69) is 131 Å². The molecule has 0 bridgehead atoms. The average Bonchev–Trinajstić information content (AvgIpc) is 3.12. The predicted molar refractivity (Wildman–Crippen MR) is 180 cm³/mol. The fraction of sp³-hybridized carbons (Fsp3) is 0. The number of nitrogens with zero attached hydrogens (tertiary/aromatic N) is 4. The van der Waals surface area contributed by atoms with Gasteiger partial charge in [-0.3, -0.25) is 9.97 Å². The first-order chi connectivity index (χ1) is 21.8. The van der Waals surface area contributed by atoms with Gasteiger partial charge < -0.3 is 0 Å². The van der Waals surface area contributed by atoms with Gasteiger partial charge in [0, 0.05) is 41.5 Å². The summed E-state index contributed by atoms with van der Waals surface area (Å²) in [4.78, 5) is 18.9. The molecule has 0 saturated carbocycles. The van der Waals surface area contributed by atoms with Crippen LogP contribution in [0, 0.1) is 0 Å². The van der Waals surface area contributed by atoms with Crippen molar-refractivity contribution >= 4 is 21.5 Å². The second-order valence-electron chi connectivity index (χ2n) is 10.8. The molecular weight excluding hydrogens is 536 g/mol. The average molecular weight is 563 g/mol. The molecule has 0 aliphatic carbocycles. The molecule has 3 aromatic heterocycles. The minimum absolute atomic E-state index is 0.701. The fourth-order valence-electron chi connectivity index (χ4n) is 5.84. The van der Waals surface area contributed by atoms with Gasteiger partial charge in [0.25, 0.3) is 0 Å². The van der Waals surface area contributed by atoms with Crippen LogP contribution in [0.5, 0.6) is 0 Å². The lowest BCUT2D eigenvalue weighted by atomic mass is 9.96. The number of pyridine rings is 2. The molecule has 0 amide bonds. The van der Waals surface area contributed by atoms with Crippen LogP contribution in [-0.2, 0) is 0 Å². The van der Waals surface area contributed by atoms with Crippen molar-refractivity contribution in [1.29, 1.82) is 0 Å². The molecule has 0 radical (unpaired) electrons. The Hall–Kier alpha value is -6.00. The van der Waals surface area contributed by atoms with Gasteiger partial charge in [-0.15, -0.1) is 0 Å². The molecule has 0 spiro atoms. The SMILES string of the molecule is c1cncc(-c2ccc(-c3cc(-c4ccc(-c5cccnc5)cc4)nc(-c4cc5ccccc5c5ccccc45)n3)cc2)c1. The van der Waals surface area contributed by atoms with Crippen LogP contribution in [0.2, 0.25) is 0 Å². The van der Waals surface area contributed by atoms with E-state index in [0.717, 1.165) is 55.7 Å². The zero-order valence-corrected chi connectivity index (χ0v) is 23.8. The molecule has 5 aromatic carbocycles. The van der Waals surface area contributed by atoms with Crippen molar-refractivity contribution in [3.63, 3.8) is 0 Å². The van der Waals surface area contributed by atoms with Gasteiger partial charge >= 0.3 is 0 Å². The minimum atomic E-state index is 0.701. The van der Waals surface area contributed by atoms with E-state index < -0.39 is 0 Å². The summed E-state index contributed by atoms with van der Waals surface area (Å²) in [5, 5.41) is 4.71. The number of benzene rings is 5. The summed E-state index contributed by atoms with van der Waals surface area (Å²) >= 11 is 0. The van der Waals surface area contributed by atoms with Crippen LogP contribution in [0.15, 0.2) is 158 Å². The maximum atomic E-state index is 5.19. The summed E-state index contributed by atoms with van der Waals surface area (Å²) in [6.45, 7) is 0. The molecule has 0 unspecified atom stereocenters. The number of rotatable bonds is 5. The Labute approximate surface area is 255 Å². The van der Waals surface area contributed by atoms with Gasteiger partial charge in [0.15, 0.2) is 5.82 Å². The number of fused-ring (bicyclic) bond motifs is 3. The van der Waals surface area contributed by atoms with Gasteiger partial charge in [-0.2, -0.15) is 0 Å². The summed E-state index contributed by atoms with van der Waals surface area (Å²) in [5.41, 5.74) is 9.21. The standard InChI is InChI=1S/C40H26N4/c1-2-10-34-31(7-1)23-37(36-12-4-3-11-35(34)36)40-43-38(29-17-13-27(14-18-29)32-8-5-21-41-25-32)24-39(44-40)30-19-15-28(16-20-30)33-9-6-22-42-26-33/h1-26H. The van der Waals surface area contributed by atoms with Crippen LogP contribution in [-0.4, -0.2) is 19.9 Å². The second-order valence-corrected chi connectivity index (χ2v) is 10.8. The lowest BCUT2D eigenvalue weighted by Gasteiger charge is -2.13. The molecule has 0 fully saturated rings. The first kappa shape index (κ1) is 25.7. The summed E-state index contributed by atoms with van der Waals surface area (Å²) in [6.07, 6.45) is 7.36. The maximum Gasteiger partial charge on any atom is 0.161 e. The van der Waals surface area contributed by atoms with E-state index in [1.807, 2.05) is 24.5 Å². The smallest absolute Gasteiger partial charge is 0.161 e. The predicted octanol–water partition coefficient (Wildman–Crippen LogP) is 9.91. The highest BCUT2D eigenvalue weighted by Crippen LogP contribution is 2.36. The van der Waals surface area contributed by atoms with Crippen LogP contribution in [0.1, 0.15) is 0 Å². The molecule has 4 heteroatoms. The van der Waals surface area contributed by atoms with Crippen molar-refractivity contribution in [3.8, 4) is 56.2 Å². The van der Waals surface area contributed by atoms with Crippen molar-refractivity contribution in [1.82, 2.24) is 19.9 Å². The summed E-state index contributed by atoms with van der Waals surface area (Å²) in [6, 6.07) is 46.4. The van der Waals surface area contributed by atoms with Crippen molar-refractivity contribution in [3.05, 3.63) is 158 Å². The Kier molecular flexibility index (Phi) is 6.43. The highest BCUT2D eigenvalue weighted by atomic mass is 14.9. The minimum Gasteiger partial charge on any atom is -0.264 e. The third-order valence-electron chi connectivity index (χ3n) is 8.09. The lowest BCUT2D eigenvalue weighted by molar-refractivity contribution is 1.19. The Bertz CT molecular complexity index is 2140. The van der Waals surface area contributed by atoms with Crippen LogP contribution in [0.25, 0.3) is 77.7 Å². The molecule has 3 heterocycles. The molecule has 0 saturated heterocycles. The molecule has 0 atom stereocenters. The van der Waals surface area contributed by atoms with Crippen LogP contribution >= 0.6 is 0 Å². The Morgan fingerprint density at radius 3 is 1.41 bits per heavy atom. The Morgan fingerprint density at radius 2 is 0.864 bits per heavy atom. The molecule has 0 aliphatic heterocycles. The topological polar surface area (TPSA) is 51.6 Å². The summed E-state index contributed by atoms with van der Waals surface area (Å²) in [5.74, 6) is 0.701. The van der Waals surface area contributed by atoms with Gasteiger partial charge in [-0.05, 0) is 68.1 Å². The number of aromatic nitrogens is 4. The Morgan fingerprint density at radius 1 is 0.364 bits per heavy atom. The van der Waals surface area contributed by atoms with Gasteiger partial charge in [0.05, 0.1) is 11.4 Å². The van der Waals surface area contributed by atoms with E-state index >= 15 is 0 Å². The van der Waals surface area contributed by atoms with Crippen LogP contribution in [0.4, 0.5) is 0 Å². The van der Waals surface area contributed by atoms with E-state index in [1.54, 1.807) is 12.4 Å². The van der Waals surface area contributed by atoms with Crippen molar-refractivity contribution < 1.29 is 0 Å².